The van der Waals surface area contributed by atoms with Crippen LogP contribution in [0.3, 0.4) is 0 Å². The lowest BCUT2D eigenvalue weighted by atomic mass is 10.0. The number of rotatable bonds is 5. The second-order valence-corrected chi connectivity index (χ2v) is 7.67. The van der Waals surface area contributed by atoms with Gasteiger partial charge in [-0.25, -0.2) is 18.1 Å². The van der Waals surface area contributed by atoms with Crippen LogP contribution >= 0.6 is 11.6 Å². The Balaban J connectivity index is 1.73. The number of hydrogen-bond acceptors (Lipinski definition) is 4. The smallest absolute Gasteiger partial charge is 0.242 e. The fourth-order valence-electron chi connectivity index (χ4n) is 2.49. The van der Waals surface area contributed by atoms with Crippen LogP contribution in [0.15, 0.2) is 17.2 Å². The zero-order valence-electron chi connectivity index (χ0n) is 10.4. The van der Waals surface area contributed by atoms with Gasteiger partial charge in [-0.05, 0) is 43.1 Å². The quantitative estimate of drug-likeness (QED) is 0.868. The molecule has 1 heterocycles. The molecule has 2 saturated carbocycles. The third kappa shape index (κ3) is 2.57. The van der Waals surface area contributed by atoms with Crippen molar-refractivity contribution in [2.75, 3.05) is 12.3 Å². The Morgan fingerprint density at radius 3 is 2.68 bits per heavy atom. The van der Waals surface area contributed by atoms with E-state index in [0.29, 0.717) is 12.5 Å². The molecule has 0 radical (unpaired) electrons. The molecule has 104 valence electrons. The molecule has 0 amide bonds. The minimum absolute atomic E-state index is 0.0679. The standard InChI is InChI=1S/C12H16ClN3O2S/c13-10-5-9(6-15-11(10)14)19(17,18)16-7-12(3-4-12)8-1-2-8/h5-6,8,16H,1-4,7H2,(H2,14,15). The van der Waals surface area contributed by atoms with E-state index in [1.165, 1.54) is 25.1 Å². The molecule has 1 aromatic heterocycles. The number of anilines is 1. The minimum atomic E-state index is -3.55. The third-order valence-corrected chi connectivity index (χ3v) is 5.78. The lowest BCUT2D eigenvalue weighted by Crippen LogP contribution is -2.31. The highest BCUT2D eigenvalue weighted by Crippen LogP contribution is 2.60. The van der Waals surface area contributed by atoms with E-state index in [1.807, 2.05) is 0 Å². The zero-order valence-corrected chi connectivity index (χ0v) is 12.0. The summed E-state index contributed by atoms with van der Waals surface area (Å²) < 4.78 is 27.0. The first kappa shape index (κ1) is 13.1. The molecule has 5 nitrogen and oxygen atoms in total. The van der Waals surface area contributed by atoms with Crippen molar-refractivity contribution in [3.8, 4) is 0 Å². The highest BCUT2D eigenvalue weighted by atomic mass is 35.5. The van der Waals surface area contributed by atoms with Crippen molar-refractivity contribution in [3.05, 3.63) is 17.3 Å². The second-order valence-electron chi connectivity index (χ2n) is 5.50. The van der Waals surface area contributed by atoms with Crippen LogP contribution in [-0.2, 0) is 10.0 Å². The van der Waals surface area contributed by atoms with Gasteiger partial charge in [0.1, 0.15) is 10.7 Å². The van der Waals surface area contributed by atoms with Crippen molar-refractivity contribution in [1.82, 2.24) is 9.71 Å². The molecule has 3 rings (SSSR count). The Bertz CT molecular complexity index is 609. The summed E-state index contributed by atoms with van der Waals surface area (Å²) in [5, 5.41) is 0.159. The average Bonchev–Trinajstić information content (AvgIpc) is 3.23. The first-order valence-corrected chi connectivity index (χ1v) is 8.20. The monoisotopic (exact) mass is 301 g/mol. The zero-order chi connectivity index (χ0) is 13.7. The summed E-state index contributed by atoms with van der Waals surface area (Å²) in [4.78, 5) is 3.85. The second kappa shape index (κ2) is 4.33. The van der Waals surface area contributed by atoms with E-state index in [9.17, 15) is 8.42 Å². The Hall–Kier alpha value is -0.850. The highest BCUT2D eigenvalue weighted by molar-refractivity contribution is 7.89. The normalized spacial score (nSPS) is 21.3. The SMILES string of the molecule is Nc1ncc(S(=O)(=O)NCC2(C3CC3)CC2)cc1Cl. The average molecular weight is 302 g/mol. The number of nitrogens with two attached hydrogens (primary N) is 1. The Morgan fingerprint density at radius 1 is 1.47 bits per heavy atom. The van der Waals surface area contributed by atoms with Crippen molar-refractivity contribution in [3.63, 3.8) is 0 Å². The minimum Gasteiger partial charge on any atom is -0.382 e. The van der Waals surface area contributed by atoms with Gasteiger partial charge in [-0.3, -0.25) is 0 Å². The van der Waals surface area contributed by atoms with E-state index >= 15 is 0 Å². The number of nitrogens with zero attached hydrogens (tertiary/aromatic N) is 1. The van der Waals surface area contributed by atoms with Crippen LogP contribution in [0, 0.1) is 11.3 Å². The van der Waals surface area contributed by atoms with Gasteiger partial charge >= 0.3 is 0 Å². The number of halogens is 1. The van der Waals surface area contributed by atoms with Gasteiger partial charge in [0.2, 0.25) is 10.0 Å². The summed E-state index contributed by atoms with van der Waals surface area (Å²) in [7, 11) is -3.55. The van der Waals surface area contributed by atoms with E-state index in [2.05, 4.69) is 9.71 Å². The van der Waals surface area contributed by atoms with Crippen LogP contribution in [0.2, 0.25) is 5.02 Å². The Kier molecular flexibility index (Phi) is 2.99. The van der Waals surface area contributed by atoms with Crippen LogP contribution in [0.5, 0.6) is 0 Å². The molecule has 3 N–H and O–H groups in total. The van der Waals surface area contributed by atoms with E-state index in [0.717, 1.165) is 12.8 Å². The Morgan fingerprint density at radius 2 is 2.16 bits per heavy atom. The molecule has 0 atom stereocenters. The van der Waals surface area contributed by atoms with Gasteiger partial charge in [-0.2, -0.15) is 0 Å². The van der Waals surface area contributed by atoms with Crippen LogP contribution < -0.4 is 10.5 Å². The topological polar surface area (TPSA) is 85.1 Å². The van der Waals surface area contributed by atoms with Crippen LogP contribution in [0.1, 0.15) is 25.7 Å². The lowest BCUT2D eigenvalue weighted by molar-refractivity contribution is 0.432. The van der Waals surface area contributed by atoms with Crippen molar-refractivity contribution >= 4 is 27.4 Å². The largest absolute Gasteiger partial charge is 0.382 e. The van der Waals surface area contributed by atoms with Gasteiger partial charge in [0.05, 0.1) is 5.02 Å². The molecule has 1 aromatic rings. The molecule has 2 aliphatic rings. The number of hydrogen-bond donors (Lipinski definition) is 2. The van der Waals surface area contributed by atoms with Crippen molar-refractivity contribution in [1.29, 1.82) is 0 Å². The maximum atomic E-state index is 12.2. The molecule has 0 bridgehead atoms. The summed E-state index contributed by atoms with van der Waals surface area (Å²) >= 11 is 5.80. The number of nitrogen functional groups attached to an aromatic ring is 1. The summed E-state index contributed by atoms with van der Waals surface area (Å²) in [5.74, 6) is 0.848. The number of sulfonamides is 1. The molecule has 0 aromatic carbocycles. The van der Waals surface area contributed by atoms with Gasteiger partial charge in [0, 0.05) is 12.7 Å². The fraction of sp³-hybridized carbons (Fsp3) is 0.583. The van der Waals surface area contributed by atoms with Crippen molar-refractivity contribution in [2.24, 2.45) is 11.3 Å². The molecule has 19 heavy (non-hydrogen) atoms. The van der Waals surface area contributed by atoms with Gasteiger partial charge in [-0.15, -0.1) is 0 Å². The molecule has 0 aliphatic heterocycles. The molecular formula is C12H16ClN3O2S. The van der Waals surface area contributed by atoms with E-state index < -0.39 is 10.0 Å². The van der Waals surface area contributed by atoms with E-state index in [4.69, 9.17) is 17.3 Å². The van der Waals surface area contributed by atoms with Crippen LogP contribution in [0.4, 0.5) is 5.82 Å². The first-order valence-electron chi connectivity index (χ1n) is 6.34. The van der Waals surface area contributed by atoms with Gasteiger partial charge in [-0.1, -0.05) is 11.6 Å². The highest BCUT2D eigenvalue weighted by Gasteiger charge is 2.53. The van der Waals surface area contributed by atoms with Gasteiger partial charge in [0.15, 0.2) is 0 Å². The number of aromatic nitrogens is 1. The number of nitrogens with one attached hydrogen (secondary N) is 1. The molecule has 2 aliphatic carbocycles. The maximum absolute atomic E-state index is 12.2. The summed E-state index contributed by atoms with van der Waals surface area (Å²) in [6, 6.07) is 1.34. The first-order chi connectivity index (χ1) is 8.93. The molecule has 2 fully saturated rings. The predicted molar refractivity (Wildman–Crippen MR) is 73.2 cm³/mol. The molecule has 0 spiro atoms. The van der Waals surface area contributed by atoms with Crippen LogP contribution in [-0.4, -0.2) is 19.9 Å². The predicted octanol–water partition coefficient (Wildman–Crippen LogP) is 1.79. The molecule has 0 unspecified atom stereocenters. The molecule has 0 saturated heterocycles. The third-order valence-electron chi connectivity index (χ3n) is 4.10. The van der Waals surface area contributed by atoms with Gasteiger partial charge < -0.3 is 5.73 Å². The van der Waals surface area contributed by atoms with E-state index in [-0.39, 0.29) is 21.2 Å². The van der Waals surface area contributed by atoms with E-state index in [1.54, 1.807) is 0 Å². The van der Waals surface area contributed by atoms with Crippen molar-refractivity contribution < 1.29 is 8.42 Å². The summed E-state index contributed by atoms with van der Waals surface area (Å²) in [6.45, 7) is 0.516. The fourth-order valence-corrected chi connectivity index (χ4v) is 3.83. The van der Waals surface area contributed by atoms with Crippen molar-refractivity contribution in [2.45, 2.75) is 30.6 Å². The number of pyridine rings is 1. The molecular weight excluding hydrogens is 286 g/mol. The molecule has 7 heteroatoms. The Labute approximate surface area is 117 Å². The summed E-state index contributed by atoms with van der Waals surface area (Å²) in [5.41, 5.74) is 5.70. The van der Waals surface area contributed by atoms with Crippen LogP contribution in [0.25, 0.3) is 0 Å². The lowest BCUT2D eigenvalue weighted by Gasteiger charge is -2.15. The summed E-state index contributed by atoms with van der Waals surface area (Å²) in [6.07, 6.45) is 5.95. The van der Waals surface area contributed by atoms with Gasteiger partial charge in [0.25, 0.3) is 0 Å². The maximum Gasteiger partial charge on any atom is 0.242 e.